The third kappa shape index (κ3) is 1.95. The first-order valence-corrected chi connectivity index (χ1v) is 5.03. The minimum atomic E-state index is 0.684. The van der Waals surface area contributed by atoms with E-state index in [1.165, 1.54) is 0 Å². The maximum Gasteiger partial charge on any atom is 0.0910 e. The molecule has 0 radical (unpaired) electrons. The molecular formula is C12H14N4. The van der Waals surface area contributed by atoms with Crippen LogP contribution in [0.4, 0.5) is 11.4 Å². The predicted octanol–water partition coefficient (Wildman–Crippen LogP) is 1.92. The number of hydrogen-bond acceptors (Lipinski definition) is 4. The summed E-state index contributed by atoms with van der Waals surface area (Å²) in [5, 5.41) is 0. The molecule has 2 heterocycles. The van der Waals surface area contributed by atoms with Crippen molar-refractivity contribution in [1.82, 2.24) is 9.97 Å². The summed E-state index contributed by atoms with van der Waals surface area (Å²) in [6, 6.07) is 5.43. The number of rotatable bonds is 1. The third-order valence-electron chi connectivity index (χ3n) is 2.38. The molecule has 2 rings (SSSR count). The Bertz CT molecular complexity index is 514. The van der Waals surface area contributed by atoms with Gasteiger partial charge in [0.2, 0.25) is 0 Å². The molecule has 0 aliphatic carbocycles. The predicted molar refractivity (Wildman–Crippen MR) is 65.8 cm³/mol. The van der Waals surface area contributed by atoms with Gasteiger partial charge in [-0.3, -0.25) is 9.97 Å². The van der Waals surface area contributed by atoms with Gasteiger partial charge in [0, 0.05) is 23.3 Å². The summed E-state index contributed by atoms with van der Waals surface area (Å²) in [7, 11) is 0. The monoisotopic (exact) mass is 214 g/mol. The van der Waals surface area contributed by atoms with E-state index in [0.717, 1.165) is 22.6 Å². The summed E-state index contributed by atoms with van der Waals surface area (Å²) in [6.07, 6.45) is 1.74. The molecular weight excluding hydrogens is 200 g/mol. The van der Waals surface area contributed by atoms with Crippen LogP contribution in [0.25, 0.3) is 11.4 Å². The van der Waals surface area contributed by atoms with E-state index in [9.17, 15) is 0 Å². The van der Waals surface area contributed by atoms with Crippen LogP contribution in [0.1, 0.15) is 11.3 Å². The standard InChI is InChI=1S/C12H14N4/c1-7-6-15-11(5-10(7)14)12-4-9(13)3-8(2)16-12/h3-6H,1-2H3,(H2,13,16)(H2,14,15). The molecule has 4 N–H and O–H groups in total. The highest BCUT2D eigenvalue weighted by atomic mass is 14.8. The van der Waals surface area contributed by atoms with E-state index in [-0.39, 0.29) is 0 Å². The van der Waals surface area contributed by atoms with Gasteiger partial charge in [-0.25, -0.2) is 0 Å². The second-order valence-electron chi connectivity index (χ2n) is 3.85. The Morgan fingerprint density at radius 2 is 1.75 bits per heavy atom. The van der Waals surface area contributed by atoms with E-state index < -0.39 is 0 Å². The average Bonchev–Trinajstić information content (AvgIpc) is 2.20. The highest BCUT2D eigenvalue weighted by Gasteiger charge is 2.04. The third-order valence-corrected chi connectivity index (χ3v) is 2.38. The second kappa shape index (κ2) is 3.81. The number of nitrogens with zero attached hydrogens (tertiary/aromatic N) is 2. The number of nitrogen functional groups attached to an aromatic ring is 2. The Morgan fingerprint density at radius 1 is 1.00 bits per heavy atom. The molecule has 82 valence electrons. The van der Waals surface area contributed by atoms with E-state index in [0.29, 0.717) is 11.4 Å². The van der Waals surface area contributed by atoms with Gasteiger partial charge in [-0.2, -0.15) is 0 Å². The van der Waals surface area contributed by atoms with Gasteiger partial charge in [0.05, 0.1) is 11.4 Å². The molecule has 2 aromatic rings. The van der Waals surface area contributed by atoms with Crippen molar-refractivity contribution in [2.45, 2.75) is 13.8 Å². The van der Waals surface area contributed by atoms with Gasteiger partial charge in [-0.05, 0) is 37.6 Å². The molecule has 0 aliphatic heterocycles. The Morgan fingerprint density at radius 3 is 2.38 bits per heavy atom. The maximum absolute atomic E-state index is 5.84. The van der Waals surface area contributed by atoms with Crippen LogP contribution in [0.3, 0.4) is 0 Å². The van der Waals surface area contributed by atoms with Crippen LogP contribution in [0.2, 0.25) is 0 Å². The zero-order valence-corrected chi connectivity index (χ0v) is 9.36. The van der Waals surface area contributed by atoms with E-state index in [1.807, 2.05) is 26.0 Å². The van der Waals surface area contributed by atoms with Crippen LogP contribution in [0.15, 0.2) is 24.4 Å². The van der Waals surface area contributed by atoms with Gasteiger partial charge in [0.15, 0.2) is 0 Å². The molecule has 16 heavy (non-hydrogen) atoms. The molecule has 0 unspecified atom stereocenters. The SMILES string of the molecule is Cc1cc(N)cc(-c2cc(N)c(C)cn2)n1. The number of pyridine rings is 2. The topological polar surface area (TPSA) is 77.8 Å². The van der Waals surface area contributed by atoms with Gasteiger partial charge in [-0.1, -0.05) is 0 Å². The lowest BCUT2D eigenvalue weighted by Crippen LogP contribution is -1.96. The lowest BCUT2D eigenvalue weighted by atomic mass is 10.1. The zero-order valence-electron chi connectivity index (χ0n) is 9.36. The number of nitrogens with two attached hydrogens (primary N) is 2. The fourth-order valence-electron chi connectivity index (χ4n) is 1.51. The van der Waals surface area contributed by atoms with Crippen LogP contribution in [0, 0.1) is 13.8 Å². The first-order valence-electron chi connectivity index (χ1n) is 5.03. The highest BCUT2D eigenvalue weighted by Crippen LogP contribution is 2.21. The minimum Gasteiger partial charge on any atom is -0.399 e. The molecule has 2 aromatic heterocycles. The number of anilines is 2. The summed E-state index contributed by atoms with van der Waals surface area (Å²) >= 11 is 0. The van der Waals surface area contributed by atoms with Crippen molar-refractivity contribution in [1.29, 1.82) is 0 Å². The zero-order chi connectivity index (χ0) is 11.7. The Balaban J connectivity index is 2.54. The number of hydrogen-bond donors (Lipinski definition) is 2. The normalized spacial score (nSPS) is 10.4. The summed E-state index contributed by atoms with van der Waals surface area (Å²) in [4.78, 5) is 8.67. The molecule has 4 heteroatoms. The molecule has 0 saturated heterocycles. The maximum atomic E-state index is 5.84. The van der Waals surface area contributed by atoms with E-state index in [1.54, 1.807) is 12.3 Å². The average molecular weight is 214 g/mol. The number of aryl methyl sites for hydroxylation is 2. The van der Waals surface area contributed by atoms with E-state index >= 15 is 0 Å². The first kappa shape index (κ1) is 10.4. The van der Waals surface area contributed by atoms with Crippen molar-refractivity contribution in [3.05, 3.63) is 35.7 Å². The molecule has 0 amide bonds. The van der Waals surface area contributed by atoms with E-state index in [4.69, 9.17) is 11.5 Å². The van der Waals surface area contributed by atoms with Gasteiger partial charge in [0.1, 0.15) is 0 Å². The van der Waals surface area contributed by atoms with Crippen molar-refractivity contribution in [3.8, 4) is 11.4 Å². The summed E-state index contributed by atoms with van der Waals surface area (Å²) in [5.41, 5.74) is 16.3. The number of aromatic nitrogens is 2. The quantitative estimate of drug-likeness (QED) is 0.760. The Hall–Kier alpha value is -2.10. The summed E-state index contributed by atoms with van der Waals surface area (Å²) in [5.74, 6) is 0. The van der Waals surface area contributed by atoms with Crippen LogP contribution >= 0.6 is 0 Å². The largest absolute Gasteiger partial charge is 0.399 e. The lowest BCUT2D eigenvalue weighted by Gasteiger charge is -2.05. The highest BCUT2D eigenvalue weighted by molar-refractivity contribution is 5.64. The molecule has 0 bridgehead atoms. The molecule has 0 spiro atoms. The molecule has 0 saturated carbocycles. The molecule has 0 fully saturated rings. The van der Waals surface area contributed by atoms with Gasteiger partial charge in [0.25, 0.3) is 0 Å². The molecule has 0 aliphatic rings. The first-order chi connectivity index (χ1) is 7.56. The molecule has 4 nitrogen and oxygen atoms in total. The van der Waals surface area contributed by atoms with Gasteiger partial charge < -0.3 is 11.5 Å². The molecule has 0 aromatic carbocycles. The lowest BCUT2D eigenvalue weighted by molar-refractivity contribution is 1.17. The smallest absolute Gasteiger partial charge is 0.0910 e. The van der Waals surface area contributed by atoms with Crippen molar-refractivity contribution < 1.29 is 0 Å². The fourth-order valence-corrected chi connectivity index (χ4v) is 1.51. The second-order valence-corrected chi connectivity index (χ2v) is 3.85. The Labute approximate surface area is 94.3 Å². The summed E-state index contributed by atoms with van der Waals surface area (Å²) in [6.45, 7) is 3.82. The molecule has 0 atom stereocenters. The van der Waals surface area contributed by atoms with Crippen LogP contribution in [-0.2, 0) is 0 Å². The van der Waals surface area contributed by atoms with Gasteiger partial charge >= 0.3 is 0 Å². The minimum absolute atomic E-state index is 0.684. The van der Waals surface area contributed by atoms with Crippen LogP contribution in [0.5, 0.6) is 0 Å². The van der Waals surface area contributed by atoms with Gasteiger partial charge in [-0.15, -0.1) is 0 Å². The van der Waals surface area contributed by atoms with Crippen molar-refractivity contribution in [3.63, 3.8) is 0 Å². The van der Waals surface area contributed by atoms with Crippen molar-refractivity contribution >= 4 is 11.4 Å². The van der Waals surface area contributed by atoms with E-state index in [2.05, 4.69) is 9.97 Å². The van der Waals surface area contributed by atoms with Crippen molar-refractivity contribution in [2.75, 3.05) is 11.5 Å². The van der Waals surface area contributed by atoms with Crippen LogP contribution in [-0.4, -0.2) is 9.97 Å². The van der Waals surface area contributed by atoms with Crippen LogP contribution < -0.4 is 11.5 Å². The van der Waals surface area contributed by atoms with Crippen molar-refractivity contribution in [2.24, 2.45) is 0 Å². The fraction of sp³-hybridized carbons (Fsp3) is 0.167. The summed E-state index contributed by atoms with van der Waals surface area (Å²) < 4.78 is 0. The Kier molecular flexibility index (Phi) is 2.48.